The van der Waals surface area contributed by atoms with Gasteiger partial charge in [-0.15, -0.1) is 0 Å². The van der Waals surface area contributed by atoms with Crippen LogP contribution in [0.2, 0.25) is 0 Å². The maximum Gasteiger partial charge on any atom is 0.174 e. The summed E-state index contributed by atoms with van der Waals surface area (Å²) in [6.07, 6.45) is -0.274. The molecule has 0 aliphatic heterocycles. The highest BCUT2D eigenvalue weighted by molar-refractivity contribution is 6.14. The first-order valence-electron chi connectivity index (χ1n) is 6.10. The molecule has 2 aromatic rings. The molecule has 0 aromatic heterocycles. The fourth-order valence-electron chi connectivity index (χ4n) is 1.84. The van der Waals surface area contributed by atoms with E-state index in [-0.39, 0.29) is 23.5 Å². The Kier molecular flexibility index (Phi) is 4.15. The summed E-state index contributed by atoms with van der Waals surface area (Å²) in [5.41, 5.74) is 0.601. The van der Waals surface area contributed by atoms with E-state index in [1.807, 2.05) is 0 Å². The smallest absolute Gasteiger partial charge is 0.174 e. The number of benzene rings is 2. The number of phenolic OH excluding ortho intramolecular Hbond substituents is 1. The Labute approximate surface area is 116 Å². The van der Waals surface area contributed by atoms with E-state index in [1.54, 1.807) is 36.4 Å². The molecule has 1 N–H and O–H groups in total. The lowest BCUT2D eigenvalue weighted by Crippen LogP contribution is -2.08. The number of hydrogen-bond donors (Lipinski definition) is 1. The van der Waals surface area contributed by atoms with Crippen LogP contribution in [0.4, 0.5) is 0 Å². The zero-order chi connectivity index (χ0) is 14.5. The van der Waals surface area contributed by atoms with Gasteiger partial charge in [0.2, 0.25) is 0 Å². The number of ether oxygens (including phenoxy) is 1. The molecule has 0 unspecified atom stereocenters. The molecule has 102 valence electrons. The van der Waals surface area contributed by atoms with Crippen molar-refractivity contribution < 1.29 is 19.4 Å². The maximum atomic E-state index is 12.0. The molecule has 0 atom stereocenters. The second kappa shape index (κ2) is 6.02. The van der Waals surface area contributed by atoms with Gasteiger partial charge < -0.3 is 9.84 Å². The zero-order valence-electron chi connectivity index (χ0n) is 11.0. The second-order valence-corrected chi connectivity index (χ2v) is 4.27. The van der Waals surface area contributed by atoms with Crippen LogP contribution >= 0.6 is 0 Å². The van der Waals surface area contributed by atoms with Gasteiger partial charge in [0, 0.05) is 11.6 Å². The van der Waals surface area contributed by atoms with Crippen molar-refractivity contribution in [3.63, 3.8) is 0 Å². The van der Waals surface area contributed by atoms with Gasteiger partial charge in [0.05, 0.1) is 19.1 Å². The van der Waals surface area contributed by atoms with Crippen LogP contribution in [0, 0.1) is 0 Å². The van der Waals surface area contributed by atoms with Crippen molar-refractivity contribution in [2.45, 2.75) is 6.42 Å². The van der Waals surface area contributed by atoms with Crippen LogP contribution in [0.25, 0.3) is 0 Å². The van der Waals surface area contributed by atoms with Crippen LogP contribution in [0.15, 0.2) is 48.5 Å². The summed E-state index contributed by atoms with van der Waals surface area (Å²) in [6.45, 7) is 0. The van der Waals surface area contributed by atoms with Gasteiger partial charge >= 0.3 is 0 Å². The first-order chi connectivity index (χ1) is 9.61. The van der Waals surface area contributed by atoms with Gasteiger partial charge in [0.1, 0.15) is 11.5 Å². The lowest BCUT2D eigenvalue weighted by Gasteiger charge is -2.06. The van der Waals surface area contributed by atoms with Gasteiger partial charge in [-0.2, -0.15) is 0 Å². The third-order valence-corrected chi connectivity index (χ3v) is 2.92. The number of aromatic hydroxyl groups is 1. The Hall–Kier alpha value is -2.62. The minimum atomic E-state index is -0.418. The molecule has 2 rings (SSSR count). The van der Waals surface area contributed by atoms with Crippen LogP contribution in [-0.4, -0.2) is 23.8 Å². The predicted octanol–water partition coefficient (Wildman–Crippen LogP) is 2.86. The predicted molar refractivity (Wildman–Crippen MR) is 74.4 cm³/mol. The van der Waals surface area contributed by atoms with Crippen molar-refractivity contribution in [3.8, 4) is 11.5 Å². The highest BCUT2D eigenvalue weighted by atomic mass is 16.5. The number of phenols is 1. The first-order valence-corrected chi connectivity index (χ1v) is 6.10. The van der Waals surface area contributed by atoms with E-state index in [2.05, 4.69) is 0 Å². The molecule has 0 saturated heterocycles. The van der Waals surface area contributed by atoms with Crippen molar-refractivity contribution in [3.05, 3.63) is 59.7 Å². The van der Waals surface area contributed by atoms with E-state index < -0.39 is 5.78 Å². The molecule has 0 saturated carbocycles. The molecule has 4 nitrogen and oxygen atoms in total. The average molecular weight is 270 g/mol. The number of ketones is 2. The van der Waals surface area contributed by atoms with Gasteiger partial charge in [0.15, 0.2) is 11.6 Å². The summed E-state index contributed by atoms with van der Waals surface area (Å²) in [5.74, 6) is -0.423. The first kappa shape index (κ1) is 13.8. The largest absolute Gasteiger partial charge is 0.507 e. The molecule has 0 bridgehead atoms. The Morgan fingerprint density at radius 2 is 1.75 bits per heavy atom. The van der Waals surface area contributed by atoms with Crippen LogP contribution in [0.3, 0.4) is 0 Å². The number of carbonyl (C=O) groups excluding carboxylic acids is 2. The van der Waals surface area contributed by atoms with E-state index >= 15 is 0 Å². The molecule has 4 heteroatoms. The molecule has 0 amide bonds. The molecule has 0 radical (unpaired) electrons. The number of carbonyl (C=O) groups is 2. The molecule has 0 aliphatic rings. The van der Waals surface area contributed by atoms with Crippen molar-refractivity contribution >= 4 is 11.6 Å². The summed E-state index contributed by atoms with van der Waals surface area (Å²) < 4.78 is 4.94. The quantitative estimate of drug-likeness (QED) is 0.670. The standard InChI is InChI=1S/C16H14O4/c1-20-12-7-8-13(15(18)9-12)16(19)10-14(17)11-5-3-2-4-6-11/h2-9,18H,10H2,1H3. The van der Waals surface area contributed by atoms with Gasteiger partial charge in [-0.1, -0.05) is 30.3 Å². The summed E-state index contributed by atoms with van der Waals surface area (Å²) in [4.78, 5) is 24.0. The maximum absolute atomic E-state index is 12.0. The molecule has 0 aliphatic carbocycles. The van der Waals surface area contributed by atoms with Gasteiger partial charge in [-0.3, -0.25) is 9.59 Å². The molecule has 2 aromatic carbocycles. The zero-order valence-corrected chi connectivity index (χ0v) is 11.0. The Morgan fingerprint density at radius 1 is 1.05 bits per heavy atom. The normalized spacial score (nSPS) is 10.1. The van der Waals surface area contributed by atoms with Crippen molar-refractivity contribution in [2.75, 3.05) is 7.11 Å². The lowest BCUT2D eigenvalue weighted by atomic mass is 10.0. The summed E-state index contributed by atoms with van der Waals surface area (Å²) in [6, 6.07) is 13.0. The molecule has 0 fully saturated rings. The Balaban J connectivity index is 2.15. The number of methoxy groups -OCH3 is 1. The van der Waals surface area contributed by atoms with E-state index in [0.29, 0.717) is 11.3 Å². The SMILES string of the molecule is COc1ccc(C(=O)CC(=O)c2ccccc2)c(O)c1. The number of rotatable bonds is 5. The lowest BCUT2D eigenvalue weighted by molar-refractivity contribution is 0.0893. The minimum Gasteiger partial charge on any atom is -0.507 e. The fraction of sp³-hybridized carbons (Fsp3) is 0.125. The van der Waals surface area contributed by atoms with E-state index in [9.17, 15) is 14.7 Å². The second-order valence-electron chi connectivity index (χ2n) is 4.27. The van der Waals surface area contributed by atoms with Crippen LogP contribution < -0.4 is 4.74 Å². The van der Waals surface area contributed by atoms with E-state index in [1.165, 1.54) is 19.2 Å². The topological polar surface area (TPSA) is 63.6 Å². The third kappa shape index (κ3) is 3.03. The van der Waals surface area contributed by atoms with E-state index in [4.69, 9.17) is 4.74 Å². The number of Topliss-reactive ketones (excluding diaryl/α,β-unsaturated/α-hetero) is 2. The monoisotopic (exact) mass is 270 g/mol. The average Bonchev–Trinajstić information content (AvgIpc) is 2.47. The van der Waals surface area contributed by atoms with Crippen LogP contribution in [0.1, 0.15) is 27.1 Å². The van der Waals surface area contributed by atoms with Crippen molar-refractivity contribution in [1.82, 2.24) is 0 Å². The highest BCUT2D eigenvalue weighted by Gasteiger charge is 2.16. The van der Waals surface area contributed by atoms with Crippen molar-refractivity contribution in [2.24, 2.45) is 0 Å². The van der Waals surface area contributed by atoms with Crippen LogP contribution in [0.5, 0.6) is 11.5 Å². The van der Waals surface area contributed by atoms with Crippen LogP contribution in [-0.2, 0) is 0 Å². The minimum absolute atomic E-state index is 0.120. The fourth-order valence-corrected chi connectivity index (χ4v) is 1.84. The number of hydrogen-bond acceptors (Lipinski definition) is 4. The molecular formula is C16H14O4. The van der Waals surface area contributed by atoms with Gasteiger partial charge in [-0.05, 0) is 12.1 Å². The Morgan fingerprint density at radius 3 is 2.35 bits per heavy atom. The van der Waals surface area contributed by atoms with Crippen molar-refractivity contribution in [1.29, 1.82) is 0 Å². The van der Waals surface area contributed by atoms with Gasteiger partial charge in [-0.25, -0.2) is 0 Å². The molecule has 0 heterocycles. The highest BCUT2D eigenvalue weighted by Crippen LogP contribution is 2.24. The summed E-state index contributed by atoms with van der Waals surface area (Å²) in [7, 11) is 1.47. The third-order valence-electron chi connectivity index (χ3n) is 2.92. The Bertz CT molecular complexity index is 632. The van der Waals surface area contributed by atoms with Gasteiger partial charge in [0.25, 0.3) is 0 Å². The molecular weight excluding hydrogens is 256 g/mol. The molecule has 0 spiro atoms. The summed E-state index contributed by atoms with van der Waals surface area (Å²) in [5, 5.41) is 9.76. The molecule has 20 heavy (non-hydrogen) atoms. The summed E-state index contributed by atoms with van der Waals surface area (Å²) >= 11 is 0. The van der Waals surface area contributed by atoms with E-state index in [0.717, 1.165) is 0 Å².